The molecule has 1 aliphatic rings. The van der Waals surface area contributed by atoms with Gasteiger partial charge >= 0.3 is 5.97 Å². The van der Waals surface area contributed by atoms with E-state index in [-0.39, 0.29) is 29.9 Å². The summed E-state index contributed by atoms with van der Waals surface area (Å²) in [5, 5.41) is 19.2. The van der Waals surface area contributed by atoms with Crippen LogP contribution < -0.4 is 10.6 Å². The Labute approximate surface area is 156 Å². The quantitative estimate of drug-likeness (QED) is 0.720. The average molecular weight is 374 g/mol. The molecule has 0 fully saturated rings. The van der Waals surface area contributed by atoms with E-state index in [0.717, 1.165) is 23.2 Å². The molecule has 1 aromatic carbocycles. The summed E-state index contributed by atoms with van der Waals surface area (Å²) in [6.07, 6.45) is 1.99. The molecule has 0 aliphatic heterocycles. The molecule has 7 nitrogen and oxygen atoms in total. The number of halogens is 1. The Morgan fingerprint density at radius 1 is 1.41 bits per heavy atom. The van der Waals surface area contributed by atoms with Gasteiger partial charge in [0.1, 0.15) is 5.82 Å². The van der Waals surface area contributed by atoms with Crippen LogP contribution in [0.2, 0.25) is 0 Å². The molecule has 0 unspecified atom stereocenters. The predicted octanol–water partition coefficient (Wildman–Crippen LogP) is 2.13. The van der Waals surface area contributed by atoms with E-state index in [1.54, 1.807) is 17.7 Å². The minimum atomic E-state index is -1.04. The van der Waals surface area contributed by atoms with Crippen molar-refractivity contribution < 1.29 is 19.1 Å². The number of anilines is 1. The molecule has 144 valence electrons. The summed E-state index contributed by atoms with van der Waals surface area (Å²) >= 11 is 0. The number of rotatable bonds is 6. The molecule has 0 radical (unpaired) electrons. The third-order valence-electron chi connectivity index (χ3n) is 4.80. The molecule has 0 saturated carbocycles. The molecule has 8 heteroatoms. The van der Waals surface area contributed by atoms with E-state index in [0.29, 0.717) is 19.4 Å². The van der Waals surface area contributed by atoms with Crippen LogP contribution in [0.15, 0.2) is 18.2 Å². The van der Waals surface area contributed by atoms with Crippen molar-refractivity contribution in [3.63, 3.8) is 0 Å². The molecule has 1 atom stereocenters. The number of aromatic nitrogens is 2. The van der Waals surface area contributed by atoms with Gasteiger partial charge in [-0.05, 0) is 50.8 Å². The molecule has 27 heavy (non-hydrogen) atoms. The second-order valence-electron chi connectivity index (χ2n) is 6.75. The van der Waals surface area contributed by atoms with Crippen molar-refractivity contribution in [2.75, 3.05) is 11.9 Å². The van der Waals surface area contributed by atoms with Crippen molar-refractivity contribution in [3.05, 3.63) is 46.5 Å². The highest BCUT2D eigenvalue weighted by molar-refractivity contribution is 5.92. The van der Waals surface area contributed by atoms with E-state index in [9.17, 15) is 19.1 Å². The number of carboxylic acid groups (broad SMARTS) is 1. The van der Waals surface area contributed by atoms with Crippen molar-refractivity contribution in [1.29, 1.82) is 0 Å². The summed E-state index contributed by atoms with van der Waals surface area (Å²) in [7, 11) is 0. The summed E-state index contributed by atoms with van der Waals surface area (Å²) in [4.78, 5) is 23.6. The lowest BCUT2D eigenvalue weighted by molar-refractivity contribution is -0.115. The smallest absolute Gasteiger partial charge is 0.356 e. The second-order valence-corrected chi connectivity index (χ2v) is 6.75. The number of aromatic carboxylic acids is 1. The maximum Gasteiger partial charge on any atom is 0.356 e. The maximum atomic E-state index is 13.8. The van der Waals surface area contributed by atoms with Crippen molar-refractivity contribution in [2.24, 2.45) is 0 Å². The lowest BCUT2D eigenvalue weighted by Gasteiger charge is -2.24. The number of hydrogen-bond donors (Lipinski definition) is 3. The first-order chi connectivity index (χ1) is 12.9. The van der Waals surface area contributed by atoms with E-state index in [4.69, 9.17) is 0 Å². The van der Waals surface area contributed by atoms with Crippen molar-refractivity contribution in [3.8, 4) is 0 Å². The number of benzene rings is 1. The third-order valence-corrected chi connectivity index (χ3v) is 4.80. The second kappa shape index (κ2) is 7.87. The fourth-order valence-corrected chi connectivity index (χ4v) is 3.45. The van der Waals surface area contributed by atoms with Gasteiger partial charge in [-0.15, -0.1) is 0 Å². The van der Waals surface area contributed by atoms with E-state index in [1.807, 2.05) is 6.92 Å². The van der Waals surface area contributed by atoms with E-state index < -0.39 is 11.8 Å². The monoisotopic (exact) mass is 374 g/mol. The highest BCUT2D eigenvalue weighted by Crippen LogP contribution is 2.25. The number of aryl methyl sites for hydroxylation is 2. The Balaban J connectivity index is 1.61. The molecule has 1 aromatic heterocycles. The minimum absolute atomic E-state index is 0.0254. The number of amides is 1. The zero-order chi connectivity index (χ0) is 19.6. The summed E-state index contributed by atoms with van der Waals surface area (Å²) in [5.41, 5.74) is 2.71. The Hall–Kier alpha value is -2.74. The van der Waals surface area contributed by atoms with E-state index in [2.05, 4.69) is 15.7 Å². The average Bonchev–Trinajstić information content (AvgIpc) is 3.00. The first-order valence-electron chi connectivity index (χ1n) is 9.00. The number of nitrogens with zero attached hydrogens (tertiary/aromatic N) is 2. The van der Waals surface area contributed by atoms with Crippen LogP contribution in [0.5, 0.6) is 0 Å². The van der Waals surface area contributed by atoms with Gasteiger partial charge in [0.15, 0.2) is 5.69 Å². The zero-order valence-electron chi connectivity index (χ0n) is 15.4. The zero-order valence-corrected chi connectivity index (χ0v) is 15.4. The lowest BCUT2D eigenvalue weighted by Crippen LogP contribution is -2.40. The fraction of sp³-hybridized carbons (Fsp3) is 0.421. The summed E-state index contributed by atoms with van der Waals surface area (Å²) in [6, 6.07) is 4.60. The van der Waals surface area contributed by atoms with Gasteiger partial charge in [0.05, 0.1) is 12.2 Å². The standard InChI is InChI=1S/C19H23FN4O3/c1-3-24-16-7-5-12(9-13(16)18(23-24)19(26)27)21-10-17(25)22-15-6-4-11(2)8-14(15)20/h4,6,8,12,21H,3,5,7,9-10H2,1-2H3,(H,22,25)(H,26,27)/t12-/m1/s1. The van der Waals surface area contributed by atoms with Crippen LogP contribution in [0.3, 0.4) is 0 Å². The van der Waals surface area contributed by atoms with Gasteiger partial charge < -0.3 is 15.7 Å². The topological polar surface area (TPSA) is 96.2 Å². The van der Waals surface area contributed by atoms with Crippen LogP contribution in [0.25, 0.3) is 0 Å². The van der Waals surface area contributed by atoms with Crippen molar-refractivity contribution in [2.45, 2.75) is 45.7 Å². The number of fused-ring (bicyclic) bond motifs is 1. The summed E-state index contributed by atoms with van der Waals surface area (Å²) in [6.45, 7) is 4.35. The molecule has 3 rings (SSSR count). The van der Waals surface area contributed by atoms with Crippen molar-refractivity contribution >= 4 is 17.6 Å². The van der Waals surface area contributed by atoms with Gasteiger partial charge in [-0.2, -0.15) is 5.10 Å². The number of carbonyl (C=O) groups excluding carboxylic acids is 1. The highest BCUT2D eigenvalue weighted by Gasteiger charge is 2.28. The number of hydrogen-bond acceptors (Lipinski definition) is 4. The SMILES string of the molecule is CCn1nc(C(=O)O)c2c1CC[C@@H](NCC(=O)Nc1ccc(C)cc1F)C2. The number of carboxylic acids is 1. The fourth-order valence-electron chi connectivity index (χ4n) is 3.45. The molecule has 1 aliphatic carbocycles. The van der Waals surface area contributed by atoms with Crippen LogP contribution >= 0.6 is 0 Å². The van der Waals surface area contributed by atoms with Crippen LogP contribution in [0.1, 0.15) is 40.7 Å². The summed E-state index contributed by atoms with van der Waals surface area (Å²) in [5.74, 6) is -1.85. The minimum Gasteiger partial charge on any atom is -0.476 e. The lowest BCUT2D eigenvalue weighted by atomic mass is 9.91. The molecule has 0 spiro atoms. The molecule has 0 saturated heterocycles. The summed E-state index contributed by atoms with van der Waals surface area (Å²) < 4.78 is 15.6. The molecular weight excluding hydrogens is 351 g/mol. The third kappa shape index (κ3) is 4.16. The Bertz CT molecular complexity index is 878. The molecule has 1 heterocycles. The number of carbonyl (C=O) groups is 2. The molecule has 3 N–H and O–H groups in total. The molecule has 2 aromatic rings. The van der Waals surface area contributed by atoms with Crippen molar-refractivity contribution in [1.82, 2.24) is 15.1 Å². The first kappa shape index (κ1) is 19.0. The van der Waals surface area contributed by atoms with Crippen LogP contribution in [0.4, 0.5) is 10.1 Å². The van der Waals surface area contributed by atoms with E-state index in [1.165, 1.54) is 12.1 Å². The van der Waals surface area contributed by atoms with Gasteiger partial charge in [-0.25, -0.2) is 9.18 Å². The largest absolute Gasteiger partial charge is 0.476 e. The maximum absolute atomic E-state index is 13.8. The normalized spacial score (nSPS) is 16.0. The van der Waals surface area contributed by atoms with Gasteiger partial charge in [-0.1, -0.05) is 6.07 Å². The van der Waals surface area contributed by atoms with Crippen LogP contribution in [0, 0.1) is 12.7 Å². The van der Waals surface area contributed by atoms with Gasteiger partial charge in [0.25, 0.3) is 0 Å². The predicted molar refractivity (Wildman–Crippen MR) is 98.4 cm³/mol. The van der Waals surface area contributed by atoms with Crippen LogP contribution in [-0.4, -0.2) is 39.4 Å². The molecule has 0 bridgehead atoms. The van der Waals surface area contributed by atoms with Gasteiger partial charge in [0, 0.05) is 23.8 Å². The number of nitrogens with one attached hydrogen (secondary N) is 2. The molecule has 1 amide bonds. The molecular formula is C19H23FN4O3. The Morgan fingerprint density at radius 3 is 2.85 bits per heavy atom. The highest BCUT2D eigenvalue weighted by atomic mass is 19.1. The van der Waals surface area contributed by atoms with Gasteiger partial charge in [0.2, 0.25) is 5.91 Å². The van der Waals surface area contributed by atoms with E-state index >= 15 is 0 Å². The first-order valence-corrected chi connectivity index (χ1v) is 9.00. The van der Waals surface area contributed by atoms with Crippen LogP contribution in [-0.2, 0) is 24.2 Å². The Morgan fingerprint density at radius 2 is 2.19 bits per heavy atom. The Kier molecular flexibility index (Phi) is 5.55. The van der Waals surface area contributed by atoms with Gasteiger partial charge in [-0.3, -0.25) is 9.48 Å².